The van der Waals surface area contributed by atoms with Crippen molar-refractivity contribution in [2.75, 3.05) is 6.54 Å². The zero-order valence-electron chi connectivity index (χ0n) is 12.3. The molecule has 0 aliphatic carbocycles. The molecule has 0 radical (unpaired) electrons. The molecule has 3 aliphatic rings. The van der Waals surface area contributed by atoms with E-state index < -0.39 is 0 Å². The van der Waals surface area contributed by atoms with Gasteiger partial charge in [-0.15, -0.1) is 0 Å². The lowest BCUT2D eigenvalue weighted by Crippen LogP contribution is -2.31. The minimum Gasteiger partial charge on any atom is -0.326 e. The van der Waals surface area contributed by atoms with Crippen LogP contribution in [0.1, 0.15) is 42.2 Å². The van der Waals surface area contributed by atoms with Gasteiger partial charge in [0.05, 0.1) is 12.6 Å². The Morgan fingerprint density at radius 2 is 2.14 bits per heavy atom. The first kappa shape index (κ1) is 13.0. The summed E-state index contributed by atoms with van der Waals surface area (Å²) in [4.78, 5) is 16.3. The van der Waals surface area contributed by atoms with E-state index in [-0.39, 0.29) is 11.9 Å². The Morgan fingerprint density at radius 1 is 1.33 bits per heavy atom. The molecule has 2 nitrogen and oxygen atoms in total. The maximum absolute atomic E-state index is 12.8. The molecule has 2 atom stereocenters. The molecular weight excluding hydrogens is 278 g/mol. The number of amides is 1. The van der Waals surface area contributed by atoms with E-state index >= 15 is 0 Å². The molecule has 0 saturated carbocycles. The summed E-state index contributed by atoms with van der Waals surface area (Å²) in [7, 11) is 0. The van der Waals surface area contributed by atoms with Crippen LogP contribution >= 0.6 is 0 Å². The van der Waals surface area contributed by atoms with Crippen LogP contribution in [0.5, 0.6) is 0 Å². The third kappa shape index (κ3) is 1.70. The maximum atomic E-state index is 12.8. The van der Waals surface area contributed by atoms with Gasteiger partial charge in [-0.3, -0.25) is 4.79 Å². The molecule has 0 aromatic heterocycles. The fraction of sp³-hybridized carbons (Fsp3) is 0.333. The van der Waals surface area contributed by atoms with Crippen LogP contribution in [-0.4, -0.2) is 22.7 Å². The van der Waals surface area contributed by atoms with Gasteiger partial charge in [-0.2, -0.15) is 0 Å². The highest BCUT2D eigenvalue weighted by molar-refractivity contribution is 7.82. The van der Waals surface area contributed by atoms with Gasteiger partial charge in [-0.1, -0.05) is 32.0 Å². The van der Waals surface area contributed by atoms with Crippen LogP contribution < -0.4 is 0 Å². The number of benzene rings is 1. The summed E-state index contributed by atoms with van der Waals surface area (Å²) in [5.74, 6) is 0.569. The van der Waals surface area contributed by atoms with E-state index in [9.17, 15) is 4.79 Å². The van der Waals surface area contributed by atoms with Gasteiger partial charge in [0.15, 0.2) is 5.37 Å². The maximum Gasteiger partial charge on any atom is 0.255 e. The normalized spacial score (nSPS) is 26.5. The van der Waals surface area contributed by atoms with Crippen molar-refractivity contribution in [1.82, 2.24) is 4.90 Å². The topological polar surface area (TPSA) is 20.3 Å². The fourth-order valence-corrected chi connectivity index (χ4v) is 5.05. The lowest BCUT2D eigenvalue weighted by molar-refractivity contribution is 0.0717. The van der Waals surface area contributed by atoms with Gasteiger partial charge in [0.25, 0.3) is 5.91 Å². The smallest absolute Gasteiger partial charge is 0.255 e. The molecule has 0 bridgehead atoms. The molecule has 3 aliphatic heterocycles. The van der Waals surface area contributed by atoms with E-state index in [1.165, 1.54) is 21.6 Å². The highest BCUT2D eigenvalue weighted by Gasteiger charge is 2.45. The van der Waals surface area contributed by atoms with Gasteiger partial charge in [0, 0.05) is 28.7 Å². The number of carbonyl (C=O) groups excluding carboxylic acids is 1. The SMILES string of the molecule is CCC1=C2[S+]=CC=C2CN2C(=O)c3ccccc3[C@@H]2[C@@H]1C. The first-order chi connectivity index (χ1) is 10.2. The summed E-state index contributed by atoms with van der Waals surface area (Å²) in [6.45, 7) is 5.25. The number of allylic oxidation sites excluding steroid dienone is 1. The van der Waals surface area contributed by atoms with Crippen LogP contribution in [0.4, 0.5) is 0 Å². The quantitative estimate of drug-likeness (QED) is 0.575. The first-order valence-corrected chi connectivity index (χ1v) is 8.42. The van der Waals surface area contributed by atoms with Crippen LogP contribution in [0.3, 0.4) is 0 Å². The Morgan fingerprint density at radius 3 is 2.95 bits per heavy atom. The van der Waals surface area contributed by atoms with Gasteiger partial charge >= 0.3 is 0 Å². The minimum absolute atomic E-state index is 0.192. The van der Waals surface area contributed by atoms with E-state index in [4.69, 9.17) is 0 Å². The highest BCUT2D eigenvalue weighted by atomic mass is 32.1. The molecule has 106 valence electrons. The second kappa shape index (κ2) is 4.63. The predicted octanol–water partition coefficient (Wildman–Crippen LogP) is 3.32. The minimum atomic E-state index is 0.192. The predicted molar refractivity (Wildman–Crippen MR) is 88.2 cm³/mol. The number of hydrogen-bond donors (Lipinski definition) is 0. The summed E-state index contributed by atoms with van der Waals surface area (Å²) in [5, 5.41) is 2.15. The average Bonchev–Trinajstić information content (AvgIpc) is 3.02. The Balaban J connectivity index is 1.91. The monoisotopic (exact) mass is 296 g/mol. The molecule has 4 rings (SSSR count). The summed E-state index contributed by atoms with van der Waals surface area (Å²) in [6.07, 6.45) is 3.23. The number of hydrogen-bond acceptors (Lipinski definition) is 1. The van der Waals surface area contributed by atoms with E-state index in [2.05, 4.69) is 42.3 Å². The summed E-state index contributed by atoms with van der Waals surface area (Å²) in [6, 6.07) is 8.31. The molecule has 0 spiro atoms. The molecule has 1 aromatic carbocycles. The van der Waals surface area contributed by atoms with Crippen molar-refractivity contribution in [3.8, 4) is 0 Å². The number of rotatable bonds is 1. The number of carbonyl (C=O) groups is 1. The van der Waals surface area contributed by atoms with Gasteiger partial charge in [0.1, 0.15) is 0 Å². The molecule has 21 heavy (non-hydrogen) atoms. The van der Waals surface area contributed by atoms with Crippen LogP contribution in [0.15, 0.2) is 46.4 Å². The Hall–Kier alpha value is -1.74. The molecule has 0 N–H and O–H groups in total. The van der Waals surface area contributed by atoms with Gasteiger partial charge in [-0.25, -0.2) is 0 Å². The summed E-state index contributed by atoms with van der Waals surface area (Å²) in [5.41, 5.74) is 4.91. The first-order valence-electron chi connectivity index (χ1n) is 7.54. The zero-order valence-corrected chi connectivity index (χ0v) is 13.1. The van der Waals surface area contributed by atoms with Crippen molar-refractivity contribution in [2.45, 2.75) is 26.3 Å². The second-order valence-corrected chi connectivity index (χ2v) is 6.82. The van der Waals surface area contributed by atoms with Gasteiger partial charge in [0.2, 0.25) is 16.3 Å². The third-order valence-electron chi connectivity index (χ3n) is 4.89. The van der Waals surface area contributed by atoms with Crippen molar-refractivity contribution >= 4 is 22.6 Å². The lowest BCUT2D eigenvalue weighted by atomic mass is 9.87. The van der Waals surface area contributed by atoms with Crippen molar-refractivity contribution < 1.29 is 4.79 Å². The summed E-state index contributed by atoms with van der Waals surface area (Å²) >= 11 is 1.82. The molecule has 0 unspecified atom stereocenters. The third-order valence-corrected chi connectivity index (χ3v) is 5.92. The van der Waals surface area contributed by atoms with Crippen LogP contribution in [0.25, 0.3) is 0 Å². The molecule has 3 heteroatoms. The highest BCUT2D eigenvalue weighted by Crippen LogP contribution is 2.46. The van der Waals surface area contributed by atoms with Gasteiger partial charge < -0.3 is 4.90 Å². The van der Waals surface area contributed by atoms with E-state index in [0.29, 0.717) is 5.92 Å². The van der Waals surface area contributed by atoms with E-state index in [1.54, 1.807) is 0 Å². The molecular formula is C18H18NOS+. The Labute approximate surface area is 129 Å². The molecule has 1 aromatic rings. The van der Waals surface area contributed by atoms with Crippen LogP contribution in [0.2, 0.25) is 0 Å². The Kier molecular flexibility index (Phi) is 2.86. The van der Waals surface area contributed by atoms with E-state index in [0.717, 1.165) is 18.5 Å². The fourth-order valence-electron chi connectivity index (χ4n) is 3.91. The number of fused-ring (bicyclic) bond motifs is 4. The van der Waals surface area contributed by atoms with E-state index in [1.807, 2.05) is 23.5 Å². The largest absolute Gasteiger partial charge is 0.326 e. The average molecular weight is 296 g/mol. The molecule has 0 saturated heterocycles. The zero-order chi connectivity index (χ0) is 14.6. The second-order valence-electron chi connectivity index (χ2n) is 5.91. The lowest BCUT2D eigenvalue weighted by Gasteiger charge is -2.28. The number of nitrogens with zero attached hydrogens (tertiary/aromatic N) is 1. The standard InChI is InChI=1S/C18H18NOS/c1-3-13-11(2)16-14-6-4-5-7-15(14)18(20)19(16)10-12-8-9-21-17(12)13/h4-9,11,16H,3,10H2,1-2H3/q+1/t11-,16+/m1/s1. The van der Waals surface area contributed by atoms with Crippen molar-refractivity contribution in [3.05, 3.63) is 57.5 Å². The van der Waals surface area contributed by atoms with Crippen molar-refractivity contribution in [2.24, 2.45) is 5.92 Å². The van der Waals surface area contributed by atoms with Crippen molar-refractivity contribution in [1.29, 1.82) is 0 Å². The van der Waals surface area contributed by atoms with Crippen molar-refractivity contribution in [3.63, 3.8) is 0 Å². The van der Waals surface area contributed by atoms with Gasteiger partial charge in [-0.05, 0) is 18.1 Å². The van der Waals surface area contributed by atoms with Crippen LogP contribution in [-0.2, 0) is 11.4 Å². The summed E-state index contributed by atoms with van der Waals surface area (Å²) < 4.78 is 0. The Bertz CT molecular complexity index is 728. The molecule has 1 amide bonds. The van der Waals surface area contributed by atoms with Crippen LogP contribution in [0, 0.1) is 5.92 Å². The molecule has 0 fully saturated rings. The molecule has 3 heterocycles.